The SMILES string of the molecule is CCn1cc([C@@H]2C(C#N)=C(N)Oc3n[nH]c(C)c32)c(C)n1. The van der Waals surface area contributed by atoms with Crippen LogP contribution in [0.25, 0.3) is 0 Å². The van der Waals surface area contributed by atoms with E-state index < -0.39 is 0 Å². The zero-order valence-electron chi connectivity index (χ0n) is 12.1. The average Bonchev–Trinajstić information content (AvgIpc) is 3.01. The number of ether oxygens (including phenoxy) is 1. The minimum atomic E-state index is -0.294. The Balaban J connectivity index is 2.24. The number of nitrogens with two attached hydrogens (primary N) is 1. The first kappa shape index (κ1) is 13.2. The molecule has 1 atom stereocenters. The van der Waals surface area contributed by atoms with Crippen molar-refractivity contribution in [2.75, 3.05) is 0 Å². The summed E-state index contributed by atoms with van der Waals surface area (Å²) in [6.07, 6.45) is 1.95. The summed E-state index contributed by atoms with van der Waals surface area (Å²) < 4.78 is 7.29. The van der Waals surface area contributed by atoms with Crippen LogP contribution >= 0.6 is 0 Å². The minimum Gasteiger partial charge on any atom is -0.420 e. The van der Waals surface area contributed by atoms with Gasteiger partial charge in [-0.3, -0.25) is 9.78 Å². The van der Waals surface area contributed by atoms with Crippen molar-refractivity contribution >= 4 is 0 Å². The number of hydrogen-bond acceptors (Lipinski definition) is 5. The molecule has 3 N–H and O–H groups in total. The van der Waals surface area contributed by atoms with Gasteiger partial charge in [-0.1, -0.05) is 0 Å². The van der Waals surface area contributed by atoms with Crippen LogP contribution in [0, 0.1) is 25.2 Å². The van der Waals surface area contributed by atoms with Crippen LogP contribution in [0.1, 0.15) is 35.4 Å². The van der Waals surface area contributed by atoms with E-state index in [0.29, 0.717) is 11.5 Å². The van der Waals surface area contributed by atoms with Crippen LogP contribution in [-0.4, -0.2) is 20.0 Å². The number of hydrogen-bond donors (Lipinski definition) is 2. The first-order valence-corrected chi connectivity index (χ1v) is 6.73. The Labute approximate surface area is 122 Å². The highest BCUT2D eigenvalue weighted by Crippen LogP contribution is 2.43. The lowest BCUT2D eigenvalue weighted by atomic mass is 9.84. The van der Waals surface area contributed by atoms with E-state index >= 15 is 0 Å². The minimum absolute atomic E-state index is 0.102. The van der Waals surface area contributed by atoms with Crippen LogP contribution in [0.4, 0.5) is 0 Å². The number of aromatic nitrogens is 4. The summed E-state index contributed by atoms with van der Waals surface area (Å²) in [7, 11) is 0. The summed E-state index contributed by atoms with van der Waals surface area (Å²) in [4.78, 5) is 0. The molecule has 7 nitrogen and oxygen atoms in total. The number of nitriles is 1. The Kier molecular flexibility index (Phi) is 2.94. The fourth-order valence-corrected chi connectivity index (χ4v) is 2.69. The molecule has 108 valence electrons. The number of nitrogens with one attached hydrogen (secondary N) is 1. The maximum absolute atomic E-state index is 9.48. The zero-order valence-corrected chi connectivity index (χ0v) is 12.1. The number of fused-ring (bicyclic) bond motifs is 1. The average molecular weight is 284 g/mol. The Hall–Kier alpha value is -2.75. The molecule has 0 fully saturated rings. The van der Waals surface area contributed by atoms with Crippen LogP contribution in [0.2, 0.25) is 0 Å². The molecule has 0 radical (unpaired) electrons. The fraction of sp³-hybridized carbons (Fsp3) is 0.357. The zero-order chi connectivity index (χ0) is 15.1. The van der Waals surface area contributed by atoms with Crippen LogP contribution in [-0.2, 0) is 6.54 Å². The van der Waals surface area contributed by atoms with Gasteiger partial charge in [-0.2, -0.15) is 10.4 Å². The maximum Gasteiger partial charge on any atom is 0.244 e. The monoisotopic (exact) mass is 284 g/mol. The highest BCUT2D eigenvalue weighted by Gasteiger charge is 2.35. The van der Waals surface area contributed by atoms with Gasteiger partial charge in [0, 0.05) is 29.6 Å². The summed E-state index contributed by atoms with van der Waals surface area (Å²) in [5, 5.41) is 20.9. The van der Waals surface area contributed by atoms with Gasteiger partial charge in [-0.15, -0.1) is 5.10 Å². The molecule has 3 rings (SSSR count). The van der Waals surface area contributed by atoms with Crippen LogP contribution in [0.3, 0.4) is 0 Å². The summed E-state index contributed by atoms with van der Waals surface area (Å²) in [5.41, 5.74) is 9.81. The van der Waals surface area contributed by atoms with E-state index in [2.05, 4.69) is 21.4 Å². The quantitative estimate of drug-likeness (QED) is 0.868. The third kappa shape index (κ3) is 1.88. The molecule has 0 saturated carbocycles. The van der Waals surface area contributed by atoms with E-state index in [4.69, 9.17) is 10.5 Å². The molecule has 1 aliphatic heterocycles. The van der Waals surface area contributed by atoms with Crippen LogP contribution in [0.15, 0.2) is 17.7 Å². The van der Waals surface area contributed by atoms with Crippen molar-refractivity contribution in [3.63, 3.8) is 0 Å². The summed E-state index contributed by atoms with van der Waals surface area (Å²) in [5.74, 6) is 0.237. The number of rotatable bonds is 2. The lowest BCUT2D eigenvalue weighted by molar-refractivity contribution is 0.378. The van der Waals surface area contributed by atoms with E-state index in [1.54, 1.807) is 0 Å². The van der Waals surface area contributed by atoms with Gasteiger partial charge < -0.3 is 10.5 Å². The summed E-state index contributed by atoms with van der Waals surface area (Å²) >= 11 is 0. The second-order valence-corrected chi connectivity index (χ2v) is 5.02. The van der Waals surface area contributed by atoms with Crippen molar-refractivity contribution < 1.29 is 4.74 Å². The van der Waals surface area contributed by atoms with Gasteiger partial charge >= 0.3 is 0 Å². The molecule has 0 unspecified atom stereocenters. The predicted molar refractivity (Wildman–Crippen MR) is 75.3 cm³/mol. The highest BCUT2D eigenvalue weighted by atomic mass is 16.5. The normalized spacial score (nSPS) is 17.3. The Bertz CT molecular complexity index is 776. The first-order chi connectivity index (χ1) is 10.1. The van der Waals surface area contributed by atoms with Gasteiger partial charge in [-0.25, -0.2) is 0 Å². The highest BCUT2D eigenvalue weighted by molar-refractivity contribution is 5.55. The van der Waals surface area contributed by atoms with E-state index in [1.165, 1.54) is 0 Å². The first-order valence-electron chi connectivity index (χ1n) is 6.73. The molecule has 2 aromatic heterocycles. The summed E-state index contributed by atoms with van der Waals surface area (Å²) in [6.45, 7) is 6.61. The largest absolute Gasteiger partial charge is 0.420 e. The molecule has 0 bridgehead atoms. The van der Waals surface area contributed by atoms with E-state index in [-0.39, 0.29) is 11.8 Å². The molecule has 0 aliphatic carbocycles. The van der Waals surface area contributed by atoms with Crippen molar-refractivity contribution in [2.45, 2.75) is 33.2 Å². The van der Waals surface area contributed by atoms with Crippen molar-refractivity contribution in [3.8, 4) is 11.9 Å². The molecule has 0 spiro atoms. The van der Waals surface area contributed by atoms with Crippen LogP contribution in [0.5, 0.6) is 5.88 Å². The van der Waals surface area contributed by atoms with Crippen molar-refractivity contribution in [2.24, 2.45) is 5.73 Å². The fourth-order valence-electron chi connectivity index (χ4n) is 2.69. The molecule has 3 heterocycles. The molecule has 21 heavy (non-hydrogen) atoms. The Morgan fingerprint density at radius 1 is 1.52 bits per heavy atom. The van der Waals surface area contributed by atoms with E-state index in [0.717, 1.165) is 29.1 Å². The number of H-pyrrole nitrogens is 1. The van der Waals surface area contributed by atoms with Gasteiger partial charge in [-0.05, 0) is 20.8 Å². The topological polar surface area (TPSA) is 106 Å². The molecule has 2 aromatic rings. The van der Waals surface area contributed by atoms with Crippen LogP contribution < -0.4 is 10.5 Å². The second kappa shape index (κ2) is 4.66. The molecule has 0 amide bonds. The van der Waals surface area contributed by atoms with E-state index in [9.17, 15) is 5.26 Å². The molecule has 0 saturated heterocycles. The molecular weight excluding hydrogens is 268 g/mol. The Morgan fingerprint density at radius 3 is 2.90 bits per heavy atom. The van der Waals surface area contributed by atoms with Gasteiger partial charge in [0.25, 0.3) is 0 Å². The molecule has 7 heteroatoms. The summed E-state index contributed by atoms with van der Waals surface area (Å²) in [6, 6.07) is 2.17. The van der Waals surface area contributed by atoms with Crippen molar-refractivity contribution in [1.82, 2.24) is 20.0 Å². The van der Waals surface area contributed by atoms with E-state index in [1.807, 2.05) is 31.6 Å². The molecule has 1 aliphatic rings. The second-order valence-electron chi connectivity index (χ2n) is 5.02. The third-order valence-electron chi connectivity index (χ3n) is 3.75. The number of aromatic amines is 1. The molecular formula is C14H16N6O. The smallest absolute Gasteiger partial charge is 0.244 e. The number of aryl methyl sites for hydroxylation is 3. The third-order valence-corrected chi connectivity index (χ3v) is 3.75. The van der Waals surface area contributed by atoms with Gasteiger partial charge in [0.2, 0.25) is 11.8 Å². The number of allylic oxidation sites excluding steroid dienone is 1. The van der Waals surface area contributed by atoms with Crippen molar-refractivity contribution in [1.29, 1.82) is 5.26 Å². The molecule has 0 aromatic carbocycles. The Morgan fingerprint density at radius 2 is 2.29 bits per heavy atom. The number of nitrogens with zero attached hydrogens (tertiary/aromatic N) is 4. The standard InChI is InChI=1S/C14H16N6O/c1-4-20-6-10(7(2)19-20)12-9(5-15)13(16)21-14-11(12)8(3)17-18-14/h6,12H,4,16H2,1-3H3,(H,17,18)/t12-/m0/s1. The predicted octanol–water partition coefficient (Wildman–Crippen LogP) is 1.46. The van der Waals surface area contributed by atoms with Gasteiger partial charge in [0.1, 0.15) is 11.6 Å². The van der Waals surface area contributed by atoms with Crippen molar-refractivity contribution in [3.05, 3.63) is 40.2 Å². The maximum atomic E-state index is 9.48. The van der Waals surface area contributed by atoms with Gasteiger partial charge in [0.15, 0.2) is 0 Å². The lowest BCUT2D eigenvalue weighted by Crippen LogP contribution is -2.21. The lowest BCUT2D eigenvalue weighted by Gasteiger charge is -2.22. The van der Waals surface area contributed by atoms with Gasteiger partial charge in [0.05, 0.1) is 11.6 Å².